The van der Waals surface area contributed by atoms with Gasteiger partial charge in [0.15, 0.2) is 0 Å². The van der Waals surface area contributed by atoms with Gasteiger partial charge in [0.25, 0.3) is 0 Å². The van der Waals surface area contributed by atoms with Crippen molar-refractivity contribution in [3.63, 3.8) is 0 Å². The Hall–Kier alpha value is 0. The first-order valence-electron chi connectivity index (χ1n) is 10.4. The summed E-state index contributed by atoms with van der Waals surface area (Å²) in [5, 5.41) is 0. The topological polar surface area (TPSA) is 0 Å². The summed E-state index contributed by atoms with van der Waals surface area (Å²) in [5.74, 6) is 8.68. The van der Waals surface area contributed by atoms with Crippen molar-refractivity contribution in [3.05, 3.63) is 0 Å². The lowest BCUT2D eigenvalue weighted by Crippen LogP contribution is -2.43. The molecule has 0 aromatic heterocycles. The van der Waals surface area contributed by atoms with E-state index in [1.165, 1.54) is 38.5 Å². The maximum Gasteiger partial charge on any atom is -0.0329 e. The molecule has 0 heterocycles. The van der Waals surface area contributed by atoms with Gasteiger partial charge in [-0.15, -0.1) is 0 Å². The van der Waals surface area contributed by atoms with Crippen molar-refractivity contribution in [2.45, 2.75) is 102 Å². The summed E-state index contributed by atoms with van der Waals surface area (Å²) in [6.45, 7) is 17.6. The first-order chi connectivity index (χ1) is 10.4. The molecule has 2 fully saturated rings. The fourth-order valence-electron chi connectivity index (χ4n) is 7.02. The minimum absolute atomic E-state index is 0. The third-order valence-electron chi connectivity index (χ3n) is 7.69. The molecule has 146 valence electrons. The predicted molar refractivity (Wildman–Crippen MR) is 112 cm³/mol. The second-order valence-electron chi connectivity index (χ2n) is 9.45. The van der Waals surface area contributed by atoms with Crippen LogP contribution in [0, 0.1) is 53.3 Å². The van der Waals surface area contributed by atoms with Crippen LogP contribution in [0.25, 0.3) is 0 Å². The van der Waals surface area contributed by atoms with Gasteiger partial charge in [-0.2, -0.15) is 0 Å². The Morgan fingerprint density at radius 3 is 1.29 bits per heavy atom. The van der Waals surface area contributed by atoms with E-state index in [2.05, 4.69) is 48.5 Å². The van der Waals surface area contributed by atoms with Gasteiger partial charge in [-0.05, 0) is 78.9 Å². The van der Waals surface area contributed by atoms with E-state index in [0.717, 1.165) is 53.3 Å². The quantitative estimate of drug-likeness (QED) is 0.483. The fourth-order valence-corrected chi connectivity index (χ4v) is 7.02. The molecule has 2 aliphatic rings. The molecule has 0 radical (unpaired) electrons. The van der Waals surface area contributed by atoms with E-state index in [1.807, 2.05) is 0 Å². The summed E-state index contributed by atoms with van der Waals surface area (Å²) in [4.78, 5) is 0. The Morgan fingerprint density at radius 2 is 0.958 bits per heavy atom. The van der Waals surface area contributed by atoms with Crippen molar-refractivity contribution >= 4 is 0 Å². The van der Waals surface area contributed by atoms with Crippen LogP contribution in [0.3, 0.4) is 0 Å². The number of hydrogen-bond acceptors (Lipinski definition) is 0. The van der Waals surface area contributed by atoms with E-state index in [0.29, 0.717) is 0 Å². The lowest BCUT2D eigenvalue weighted by molar-refractivity contribution is -0.0182. The molecule has 2 aliphatic carbocycles. The highest BCUT2D eigenvalue weighted by molar-refractivity contribution is 4.93. The van der Waals surface area contributed by atoms with Crippen LogP contribution in [0.4, 0.5) is 0 Å². The van der Waals surface area contributed by atoms with E-state index in [4.69, 9.17) is 0 Å². The highest BCUT2D eigenvalue weighted by Crippen LogP contribution is 2.52. The molecule has 0 bridgehead atoms. The molecule has 0 saturated heterocycles. The van der Waals surface area contributed by atoms with Crippen molar-refractivity contribution in [2.24, 2.45) is 53.3 Å². The Labute approximate surface area is 155 Å². The van der Waals surface area contributed by atoms with Gasteiger partial charge < -0.3 is 0 Å². The molecule has 2 saturated carbocycles. The highest BCUT2D eigenvalue weighted by atomic mass is 14.5. The molecule has 4 unspecified atom stereocenters. The summed E-state index contributed by atoms with van der Waals surface area (Å²) >= 11 is 0. The molecular weight excluding hydrogens is 288 g/mol. The molecule has 0 aromatic rings. The molecular formula is C24H50. The minimum Gasteiger partial charge on any atom is -0.0776 e. The molecule has 24 heavy (non-hydrogen) atoms. The van der Waals surface area contributed by atoms with Gasteiger partial charge in [0.2, 0.25) is 0 Å². The van der Waals surface area contributed by atoms with Crippen LogP contribution in [-0.2, 0) is 0 Å². The summed E-state index contributed by atoms with van der Waals surface area (Å²) in [5.41, 5.74) is 0. The zero-order valence-electron chi connectivity index (χ0n) is 16.4. The third kappa shape index (κ3) is 5.01. The summed E-state index contributed by atoms with van der Waals surface area (Å²) in [6.07, 6.45) is 8.74. The van der Waals surface area contributed by atoms with E-state index >= 15 is 0 Å². The van der Waals surface area contributed by atoms with E-state index in [1.54, 1.807) is 0 Å². The SMILES string of the molecule is C.C.CCC(CC)C1CC(C)C(C2C(C)CC(C)CC2C)C(C)C1. The monoisotopic (exact) mass is 338 g/mol. The standard InChI is InChI=1S/C22H42.2CH4/c1-8-19(9-2)20-12-17(6)22(18(7)13-20)21-15(4)10-14(3)11-16(21)5;;/h14-22H,8-13H2,1-7H3;2*1H4. The average Bonchev–Trinajstić information content (AvgIpc) is 2.42. The average molecular weight is 339 g/mol. The van der Waals surface area contributed by atoms with Crippen LogP contribution in [0.1, 0.15) is 102 Å². The molecule has 0 N–H and O–H groups in total. The fraction of sp³-hybridized carbons (Fsp3) is 1.00. The lowest BCUT2D eigenvalue weighted by atomic mass is 9.54. The van der Waals surface area contributed by atoms with Crippen LogP contribution in [-0.4, -0.2) is 0 Å². The van der Waals surface area contributed by atoms with Crippen LogP contribution >= 0.6 is 0 Å². The highest BCUT2D eigenvalue weighted by Gasteiger charge is 2.44. The lowest BCUT2D eigenvalue weighted by Gasteiger charge is -2.51. The van der Waals surface area contributed by atoms with Crippen LogP contribution in [0.15, 0.2) is 0 Å². The second-order valence-corrected chi connectivity index (χ2v) is 9.45. The molecule has 0 amide bonds. The van der Waals surface area contributed by atoms with Gasteiger partial charge in [0.05, 0.1) is 0 Å². The van der Waals surface area contributed by atoms with Gasteiger partial charge >= 0.3 is 0 Å². The van der Waals surface area contributed by atoms with Gasteiger partial charge in [-0.25, -0.2) is 0 Å². The van der Waals surface area contributed by atoms with Gasteiger partial charge in [-0.3, -0.25) is 0 Å². The first kappa shape index (κ1) is 24.0. The Kier molecular flexibility index (Phi) is 10.2. The molecule has 0 aromatic carbocycles. The number of rotatable bonds is 4. The van der Waals surface area contributed by atoms with E-state index in [-0.39, 0.29) is 14.9 Å². The Balaban J connectivity index is 0.00000264. The maximum atomic E-state index is 2.59. The van der Waals surface area contributed by atoms with Crippen molar-refractivity contribution in [1.29, 1.82) is 0 Å². The molecule has 0 nitrogen and oxygen atoms in total. The predicted octanol–water partition coefficient (Wildman–Crippen LogP) is 8.31. The maximum absolute atomic E-state index is 2.59. The molecule has 4 atom stereocenters. The van der Waals surface area contributed by atoms with E-state index in [9.17, 15) is 0 Å². The number of hydrogen-bond donors (Lipinski definition) is 0. The van der Waals surface area contributed by atoms with Crippen molar-refractivity contribution in [3.8, 4) is 0 Å². The smallest absolute Gasteiger partial charge is 0.0329 e. The summed E-state index contributed by atoms with van der Waals surface area (Å²) < 4.78 is 0. The van der Waals surface area contributed by atoms with Gasteiger partial charge in [-0.1, -0.05) is 76.2 Å². The second kappa shape index (κ2) is 10.2. The van der Waals surface area contributed by atoms with Gasteiger partial charge in [0, 0.05) is 0 Å². The van der Waals surface area contributed by atoms with Crippen molar-refractivity contribution in [2.75, 3.05) is 0 Å². The largest absolute Gasteiger partial charge is 0.0776 e. The van der Waals surface area contributed by atoms with Crippen LogP contribution in [0.5, 0.6) is 0 Å². The molecule has 0 spiro atoms. The Bertz CT molecular complexity index is 305. The summed E-state index contributed by atoms with van der Waals surface area (Å²) in [6, 6.07) is 0. The van der Waals surface area contributed by atoms with Gasteiger partial charge in [0.1, 0.15) is 0 Å². The minimum atomic E-state index is 0. The van der Waals surface area contributed by atoms with Crippen LogP contribution in [0.2, 0.25) is 0 Å². The Morgan fingerprint density at radius 1 is 0.625 bits per heavy atom. The summed E-state index contributed by atoms with van der Waals surface area (Å²) in [7, 11) is 0. The van der Waals surface area contributed by atoms with Crippen molar-refractivity contribution < 1.29 is 0 Å². The van der Waals surface area contributed by atoms with E-state index < -0.39 is 0 Å². The van der Waals surface area contributed by atoms with Crippen LogP contribution < -0.4 is 0 Å². The normalized spacial score (nSPS) is 43.0. The zero-order valence-corrected chi connectivity index (χ0v) is 16.4. The molecule has 0 aliphatic heterocycles. The first-order valence-corrected chi connectivity index (χ1v) is 10.4. The molecule has 2 rings (SSSR count). The third-order valence-corrected chi connectivity index (χ3v) is 7.69. The van der Waals surface area contributed by atoms with Crippen molar-refractivity contribution in [1.82, 2.24) is 0 Å². The zero-order chi connectivity index (χ0) is 16.4. The molecule has 0 heteroatoms.